The maximum absolute atomic E-state index is 12.6. The Kier molecular flexibility index (Phi) is 4.71. The lowest BCUT2D eigenvalue weighted by molar-refractivity contribution is -0.116. The molecule has 2 amide bonds. The van der Waals surface area contributed by atoms with Crippen molar-refractivity contribution in [2.24, 2.45) is 5.92 Å². The Bertz CT molecular complexity index is 695. The molecule has 120 valence electrons. The van der Waals surface area contributed by atoms with Gasteiger partial charge in [0.1, 0.15) is 6.54 Å². The SMILES string of the molecule is Cc1cnc(NC(=O)CN(CC2CC2)C(=O)c2ccccc2)s1. The van der Waals surface area contributed by atoms with Crippen LogP contribution in [0, 0.1) is 12.8 Å². The van der Waals surface area contributed by atoms with Gasteiger partial charge in [0.2, 0.25) is 5.91 Å². The lowest BCUT2D eigenvalue weighted by Crippen LogP contribution is -2.39. The molecule has 1 aliphatic rings. The third-order valence-electron chi connectivity index (χ3n) is 3.69. The minimum Gasteiger partial charge on any atom is -0.329 e. The van der Waals surface area contributed by atoms with Crippen LogP contribution < -0.4 is 5.32 Å². The number of benzene rings is 1. The van der Waals surface area contributed by atoms with Crippen LogP contribution in [0.1, 0.15) is 28.1 Å². The van der Waals surface area contributed by atoms with Crippen LogP contribution in [0.3, 0.4) is 0 Å². The van der Waals surface area contributed by atoms with Gasteiger partial charge in [-0.15, -0.1) is 11.3 Å². The molecule has 0 atom stereocenters. The normalized spacial score (nSPS) is 13.6. The molecule has 23 heavy (non-hydrogen) atoms. The molecule has 1 aromatic heterocycles. The van der Waals surface area contributed by atoms with Crippen molar-refractivity contribution < 1.29 is 9.59 Å². The van der Waals surface area contributed by atoms with E-state index in [1.165, 1.54) is 11.3 Å². The number of aromatic nitrogens is 1. The zero-order chi connectivity index (χ0) is 16.2. The van der Waals surface area contributed by atoms with Crippen molar-refractivity contribution >= 4 is 28.3 Å². The second-order valence-electron chi connectivity index (χ2n) is 5.82. The Balaban J connectivity index is 1.66. The first-order valence-electron chi connectivity index (χ1n) is 7.68. The number of carbonyl (C=O) groups excluding carboxylic acids is 2. The summed E-state index contributed by atoms with van der Waals surface area (Å²) in [6.07, 6.45) is 3.98. The van der Waals surface area contributed by atoms with E-state index >= 15 is 0 Å². The minimum absolute atomic E-state index is 0.0584. The molecule has 0 saturated heterocycles. The third-order valence-corrected chi connectivity index (χ3v) is 4.51. The smallest absolute Gasteiger partial charge is 0.254 e. The third kappa shape index (κ3) is 4.39. The number of nitrogens with one attached hydrogen (secondary N) is 1. The second-order valence-corrected chi connectivity index (χ2v) is 7.05. The van der Waals surface area contributed by atoms with Crippen molar-refractivity contribution in [1.82, 2.24) is 9.88 Å². The Morgan fingerprint density at radius 2 is 2.04 bits per heavy atom. The Morgan fingerprint density at radius 1 is 1.30 bits per heavy atom. The highest BCUT2D eigenvalue weighted by atomic mass is 32.1. The molecule has 0 aliphatic heterocycles. The molecular formula is C17H19N3O2S. The van der Waals surface area contributed by atoms with E-state index in [4.69, 9.17) is 0 Å². The van der Waals surface area contributed by atoms with Crippen molar-refractivity contribution in [2.45, 2.75) is 19.8 Å². The standard InChI is InChI=1S/C17H19N3O2S/c1-12-9-18-17(23-12)19-15(21)11-20(10-13-7-8-13)16(22)14-5-3-2-4-6-14/h2-6,9,13H,7-8,10-11H2,1H3,(H,18,19,21). The number of carbonyl (C=O) groups is 2. The van der Waals surface area contributed by atoms with Gasteiger partial charge in [0.15, 0.2) is 5.13 Å². The Labute approximate surface area is 139 Å². The van der Waals surface area contributed by atoms with Crippen LogP contribution >= 0.6 is 11.3 Å². The number of anilines is 1. The first-order chi connectivity index (χ1) is 11.1. The van der Waals surface area contributed by atoms with Crippen molar-refractivity contribution in [3.63, 3.8) is 0 Å². The highest BCUT2D eigenvalue weighted by molar-refractivity contribution is 7.15. The summed E-state index contributed by atoms with van der Waals surface area (Å²) in [6.45, 7) is 2.63. The fraction of sp³-hybridized carbons (Fsp3) is 0.353. The molecular weight excluding hydrogens is 310 g/mol. The largest absolute Gasteiger partial charge is 0.329 e. The maximum Gasteiger partial charge on any atom is 0.254 e. The van der Waals surface area contributed by atoms with Crippen LogP contribution in [-0.2, 0) is 4.79 Å². The van der Waals surface area contributed by atoms with E-state index < -0.39 is 0 Å². The fourth-order valence-electron chi connectivity index (χ4n) is 2.34. The molecule has 1 fully saturated rings. The van der Waals surface area contributed by atoms with E-state index in [1.54, 1.807) is 23.2 Å². The van der Waals surface area contributed by atoms with Gasteiger partial charge in [-0.3, -0.25) is 9.59 Å². The lowest BCUT2D eigenvalue weighted by Gasteiger charge is -2.22. The van der Waals surface area contributed by atoms with E-state index in [-0.39, 0.29) is 18.4 Å². The van der Waals surface area contributed by atoms with Crippen LogP contribution in [0.2, 0.25) is 0 Å². The highest BCUT2D eigenvalue weighted by Gasteiger charge is 2.28. The van der Waals surface area contributed by atoms with Crippen molar-refractivity contribution in [1.29, 1.82) is 0 Å². The molecule has 0 spiro atoms. The van der Waals surface area contributed by atoms with Gasteiger partial charge in [-0.1, -0.05) is 18.2 Å². The zero-order valence-electron chi connectivity index (χ0n) is 13.0. The minimum atomic E-state index is -0.204. The van der Waals surface area contributed by atoms with Crippen LogP contribution in [0.5, 0.6) is 0 Å². The van der Waals surface area contributed by atoms with E-state index in [9.17, 15) is 9.59 Å². The number of thiazole rings is 1. The maximum atomic E-state index is 12.6. The topological polar surface area (TPSA) is 62.3 Å². The lowest BCUT2D eigenvalue weighted by atomic mass is 10.2. The Morgan fingerprint density at radius 3 is 2.65 bits per heavy atom. The number of hydrogen-bond acceptors (Lipinski definition) is 4. The molecule has 1 saturated carbocycles. The van der Waals surface area contributed by atoms with E-state index in [2.05, 4.69) is 10.3 Å². The number of hydrogen-bond donors (Lipinski definition) is 1. The number of rotatable bonds is 6. The first-order valence-corrected chi connectivity index (χ1v) is 8.50. The molecule has 1 N–H and O–H groups in total. The molecule has 2 aromatic rings. The number of amides is 2. The average molecular weight is 329 g/mol. The monoisotopic (exact) mass is 329 g/mol. The fourth-order valence-corrected chi connectivity index (χ4v) is 3.02. The summed E-state index contributed by atoms with van der Waals surface area (Å²) >= 11 is 1.43. The molecule has 0 radical (unpaired) electrons. The summed E-state index contributed by atoms with van der Waals surface area (Å²) in [4.78, 5) is 31.7. The predicted molar refractivity (Wildman–Crippen MR) is 90.6 cm³/mol. The summed E-state index contributed by atoms with van der Waals surface area (Å²) in [5.41, 5.74) is 0.617. The van der Waals surface area contributed by atoms with Gasteiger partial charge in [-0.2, -0.15) is 0 Å². The van der Waals surface area contributed by atoms with Gasteiger partial charge in [-0.25, -0.2) is 4.98 Å². The van der Waals surface area contributed by atoms with E-state index in [0.717, 1.165) is 17.7 Å². The van der Waals surface area contributed by atoms with Crippen molar-refractivity contribution in [3.8, 4) is 0 Å². The van der Waals surface area contributed by atoms with Crippen molar-refractivity contribution in [3.05, 3.63) is 47.0 Å². The van der Waals surface area contributed by atoms with Gasteiger partial charge < -0.3 is 10.2 Å². The van der Waals surface area contributed by atoms with Gasteiger partial charge >= 0.3 is 0 Å². The van der Waals surface area contributed by atoms with Gasteiger partial charge in [0.25, 0.3) is 5.91 Å². The number of nitrogens with zero attached hydrogens (tertiary/aromatic N) is 2. The summed E-state index contributed by atoms with van der Waals surface area (Å²) in [7, 11) is 0. The zero-order valence-corrected chi connectivity index (χ0v) is 13.8. The second kappa shape index (κ2) is 6.91. The van der Waals surface area contributed by atoms with E-state index in [0.29, 0.717) is 23.2 Å². The molecule has 5 nitrogen and oxygen atoms in total. The van der Waals surface area contributed by atoms with Gasteiger partial charge in [0.05, 0.1) is 0 Å². The molecule has 1 heterocycles. The molecule has 3 rings (SSSR count). The van der Waals surface area contributed by atoms with E-state index in [1.807, 2.05) is 25.1 Å². The molecule has 1 aromatic carbocycles. The highest BCUT2D eigenvalue weighted by Crippen LogP contribution is 2.30. The summed E-state index contributed by atoms with van der Waals surface area (Å²) in [5.74, 6) is 0.227. The molecule has 0 bridgehead atoms. The molecule has 6 heteroatoms. The quantitative estimate of drug-likeness (QED) is 0.886. The van der Waals surface area contributed by atoms with Gasteiger partial charge in [0, 0.05) is 23.2 Å². The van der Waals surface area contributed by atoms with Crippen molar-refractivity contribution in [2.75, 3.05) is 18.4 Å². The summed E-state index contributed by atoms with van der Waals surface area (Å²) in [5, 5.41) is 3.34. The van der Waals surface area contributed by atoms with Crippen LogP contribution in [0.25, 0.3) is 0 Å². The molecule has 0 unspecified atom stereocenters. The number of aryl methyl sites for hydroxylation is 1. The molecule has 1 aliphatic carbocycles. The van der Waals surface area contributed by atoms with Gasteiger partial charge in [-0.05, 0) is 37.8 Å². The summed E-state index contributed by atoms with van der Waals surface area (Å²) in [6, 6.07) is 9.11. The summed E-state index contributed by atoms with van der Waals surface area (Å²) < 4.78 is 0. The predicted octanol–water partition coefficient (Wildman–Crippen LogP) is 2.94. The Hall–Kier alpha value is -2.21. The average Bonchev–Trinajstić information content (AvgIpc) is 3.27. The van der Waals surface area contributed by atoms with Crippen LogP contribution in [0.15, 0.2) is 36.5 Å². The van der Waals surface area contributed by atoms with Crippen LogP contribution in [-0.4, -0.2) is 34.8 Å². The first kappa shape index (κ1) is 15.7. The van der Waals surface area contributed by atoms with Crippen LogP contribution in [0.4, 0.5) is 5.13 Å².